The molecule has 0 N–H and O–H groups in total. The van der Waals surface area contributed by atoms with Crippen LogP contribution < -0.4 is 0 Å². The van der Waals surface area contributed by atoms with Crippen molar-refractivity contribution in [3.05, 3.63) is 36.3 Å². The summed E-state index contributed by atoms with van der Waals surface area (Å²) >= 11 is 0. The minimum Gasteiger partial charge on any atom is -0.468 e. The molecule has 2 aliphatic rings. The molecule has 2 aromatic heterocycles. The lowest BCUT2D eigenvalue weighted by atomic mass is 9.85. The Morgan fingerprint density at radius 1 is 1.35 bits per heavy atom. The largest absolute Gasteiger partial charge is 0.468 e. The molecule has 4 rings (SSSR count). The first-order valence-corrected chi connectivity index (χ1v) is 8.52. The first-order valence-electron chi connectivity index (χ1n) is 8.52. The molecule has 0 aromatic carbocycles. The first-order chi connectivity index (χ1) is 11.3. The van der Waals surface area contributed by atoms with Crippen molar-refractivity contribution in [2.75, 3.05) is 7.11 Å². The molecule has 2 aromatic rings. The number of imidazole rings is 1. The molecule has 3 heterocycles. The topological polar surface area (TPSA) is 46.8 Å². The van der Waals surface area contributed by atoms with Gasteiger partial charge < -0.3 is 9.14 Å². The van der Waals surface area contributed by atoms with Crippen LogP contribution in [0.25, 0.3) is 5.65 Å². The standard InChI is InChI=1S/C18H23N3O2/c1-23-18(22)16-10-13-6-2-3-7-15(13)21(16)12-14-11-20-9-5-4-8-17(20)19-14/h4-5,8-9,11,13,15-16H,2-3,6-7,10,12H2,1H3/t13-,15-,16+/m1/s1. The molecule has 2 fully saturated rings. The highest BCUT2D eigenvalue weighted by molar-refractivity contribution is 5.76. The van der Waals surface area contributed by atoms with E-state index in [0.717, 1.165) is 24.3 Å². The molecule has 5 heteroatoms. The summed E-state index contributed by atoms with van der Waals surface area (Å²) in [4.78, 5) is 19.3. The summed E-state index contributed by atoms with van der Waals surface area (Å²) in [5, 5.41) is 0. The first kappa shape index (κ1) is 14.7. The molecule has 0 amide bonds. The molecule has 23 heavy (non-hydrogen) atoms. The van der Waals surface area contributed by atoms with E-state index in [9.17, 15) is 4.79 Å². The van der Waals surface area contributed by atoms with Crippen LogP contribution >= 0.6 is 0 Å². The highest BCUT2D eigenvalue weighted by atomic mass is 16.5. The zero-order valence-electron chi connectivity index (χ0n) is 13.5. The summed E-state index contributed by atoms with van der Waals surface area (Å²) in [6.07, 6.45) is 9.99. The number of ether oxygens (including phenoxy) is 1. The Hall–Kier alpha value is -1.88. The smallest absolute Gasteiger partial charge is 0.323 e. The molecule has 1 saturated heterocycles. The van der Waals surface area contributed by atoms with Gasteiger partial charge in [0.2, 0.25) is 0 Å². The van der Waals surface area contributed by atoms with Crippen molar-refractivity contribution >= 4 is 11.6 Å². The van der Waals surface area contributed by atoms with E-state index < -0.39 is 0 Å². The van der Waals surface area contributed by atoms with Gasteiger partial charge in [-0.05, 0) is 37.3 Å². The average Bonchev–Trinajstić information content (AvgIpc) is 3.15. The molecule has 3 atom stereocenters. The Morgan fingerprint density at radius 3 is 3.04 bits per heavy atom. The van der Waals surface area contributed by atoms with E-state index in [4.69, 9.17) is 9.72 Å². The van der Waals surface area contributed by atoms with Crippen LogP contribution in [-0.2, 0) is 16.1 Å². The molecule has 0 unspecified atom stereocenters. The second-order valence-electron chi connectivity index (χ2n) is 6.76. The van der Waals surface area contributed by atoms with Crippen LogP contribution in [-0.4, -0.2) is 39.4 Å². The molecular weight excluding hydrogens is 290 g/mol. The lowest BCUT2D eigenvalue weighted by molar-refractivity contribution is -0.146. The third-order valence-electron chi connectivity index (χ3n) is 5.45. The van der Waals surface area contributed by atoms with E-state index in [-0.39, 0.29) is 12.0 Å². The monoisotopic (exact) mass is 313 g/mol. The summed E-state index contributed by atoms with van der Waals surface area (Å²) in [6.45, 7) is 0.725. The Bertz CT molecular complexity index is 678. The zero-order chi connectivity index (χ0) is 15.8. The number of carbonyl (C=O) groups is 1. The van der Waals surface area contributed by atoms with Gasteiger partial charge in [-0.1, -0.05) is 18.9 Å². The second-order valence-corrected chi connectivity index (χ2v) is 6.76. The Morgan fingerprint density at radius 2 is 2.22 bits per heavy atom. The third kappa shape index (κ3) is 2.63. The van der Waals surface area contributed by atoms with Gasteiger partial charge >= 0.3 is 5.97 Å². The third-order valence-corrected chi connectivity index (χ3v) is 5.45. The van der Waals surface area contributed by atoms with Gasteiger partial charge in [-0.25, -0.2) is 4.98 Å². The van der Waals surface area contributed by atoms with Crippen LogP contribution in [0.2, 0.25) is 0 Å². The average molecular weight is 313 g/mol. The van der Waals surface area contributed by atoms with Gasteiger partial charge in [-0.15, -0.1) is 0 Å². The Balaban J connectivity index is 1.61. The van der Waals surface area contributed by atoms with E-state index in [1.807, 2.05) is 28.8 Å². The van der Waals surface area contributed by atoms with Gasteiger partial charge in [0, 0.05) is 25.0 Å². The maximum absolute atomic E-state index is 12.2. The van der Waals surface area contributed by atoms with Gasteiger partial charge in [0.25, 0.3) is 0 Å². The summed E-state index contributed by atoms with van der Waals surface area (Å²) in [5.41, 5.74) is 1.98. The molecule has 0 bridgehead atoms. The molecule has 1 aliphatic heterocycles. The number of nitrogens with zero attached hydrogens (tertiary/aromatic N) is 3. The van der Waals surface area contributed by atoms with Crippen molar-refractivity contribution in [3.63, 3.8) is 0 Å². The van der Waals surface area contributed by atoms with E-state index in [1.165, 1.54) is 32.8 Å². The van der Waals surface area contributed by atoms with Crippen LogP contribution in [0.15, 0.2) is 30.6 Å². The van der Waals surface area contributed by atoms with Crippen LogP contribution in [0.1, 0.15) is 37.8 Å². The number of rotatable bonds is 3. The van der Waals surface area contributed by atoms with E-state index in [2.05, 4.69) is 11.1 Å². The highest BCUT2D eigenvalue weighted by Crippen LogP contribution is 2.40. The highest BCUT2D eigenvalue weighted by Gasteiger charge is 2.45. The molecule has 0 spiro atoms. The summed E-state index contributed by atoms with van der Waals surface area (Å²) in [5.74, 6) is 0.535. The van der Waals surface area contributed by atoms with Gasteiger partial charge in [0.05, 0.1) is 12.8 Å². The fourth-order valence-corrected chi connectivity index (χ4v) is 4.40. The predicted molar refractivity (Wildman–Crippen MR) is 86.9 cm³/mol. The fraction of sp³-hybridized carbons (Fsp3) is 0.556. The van der Waals surface area contributed by atoms with E-state index in [1.54, 1.807) is 0 Å². The van der Waals surface area contributed by atoms with Crippen LogP contribution in [0.5, 0.6) is 0 Å². The van der Waals surface area contributed by atoms with E-state index >= 15 is 0 Å². The molecule has 5 nitrogen and oxygen atoms in total. The summed E-state index contributed by atoms with van der Waals surface area (Å²) in [6, 6.07) is 6.39. The van der Waals surface area contributed by atoms with Crippen LogP contribution in [0.3, 0.4) is 0 Å². The molecule has 1 saturated carbocycles. The van der Waals surface area contributed by atoms with Crippen molar-refractivity contribution in [1.29, 1.82) is 0 Å². The van der Waals surface area contributed by atoms with Crippen molar-refractivity contribution in [3.8, 4) is 0 Å². The number of carbonyl (C=O) groups excluding carboxylic acids is 1. The second kappa shape index (κ2) is 5.96. The molecule has 122 valence electrons. The minimum absolute atomic E-state index is 0.0943. The van der Waals surface area contributed by atoms with Crippen LogP contribution in [0.4, 0.5) is 0 Å². The molecule has 1 aliphatic carbocycles. The fourth-order valence-electron chi connectivity index (χ4n) is 4.40. The number of likely N-dealkylation sites (tertiary alicyclic amines) is 1. The lowest BCUT2D eigenvalue weighted by Crippen LogP contribution is -2.42. The van der Waals surface area contributed by atoms with Gasteiger partial charge in [-0.2, -0.15) is 0 Å². The Kier molecular flexibility index (Phi) is 3.81. The normalized spacial score (nSPS) is 28.0. The van der Waals surface area contributed by atoms with Crippen molar-refractivity contribution < 1.29 is 9.53 Å². The number of hydrogen-bond donors (Lipinski definition) is 0. The summed E-state index contributed by atoms with van der Waals surface area (Å²) < 4.78 is 7.10. The number of methoxy groups -OCH3 is 1. The predicted octanol–water partition coefficient (Wildman–Crippen LogP) is 2.64. The molecular formula is C18H23N3O2. The number of hydrogen-bond acceptors (Lipinski definition) is 4. The van der Waals surface area contributed by atoms with Crippen LogP contribution in [0, 0.1) is 5.92 Å². The van der Waals surface area contributed by atoms with Gasteiger partial charge in [-0.3, -0.25) is 9.69 Å². The number of pyridine rings is 1. The minimum atomic E-state index is -0.113. The summed E-state index contributed by atoms with van der Waals surface area (Å²) in [7, 11) is 1.49. The lowest BCUT2D eigenvalue weighted by Gasteiger charge is -2.32. The maximum atomic E-state index is 12.2. The maximum Gasteiger partial charge on any atom is 0.323 e. The number of aromatic nitrogens is 2. The van der Waals surface area contributed by atoms with E-state index in [0.29, 0.717) is 12.0 Å². The number of fused-ring (bicyclic) bond motifs is 2. The quantitative estimate of drug-likeness (QED) is 0.817. The van der Waals surface area contributed by atoms with Crippen molar-refractivity contribution in [2.24, 2.45) is 5.92 Å². The van der Waals surface area contributed by atoms with Gasteiger partial charge in [0.15, 0.2) is 0 Å². The van der Waals surface area contributed by atoms with Crippen molar-refractivity contribution in [1.82, 2.24) is 14.3 Å². The molecule has 0 radical (unpaired) electrons. The SMILES string of the molecule is COC(=O)[C@@H]1C[C@H]2CCCC[C@H]2N1Cc1cn2ccccc2n1. The van der Waals surface area contributed by atoms with Gasteiger partial charge in [0.1, 0.15) is 11.7 Å². The Labute approximate surface area is 136 Å². The number of esters is 1. The zero-order valence-corrected chi connectivity index (χ0v) is 13.5. The van der Waals surface area contributed by atoms with Crippen molar-refractivity contribution in [2.45, 2.75) is 50.7 Å².